The fourth-order valence-corrected chi connectivity index (χ4v) is 3.55. The number of aryl methyl sites for hydroxylation is 2. The maximum absolute atomic E-state index is 11.4. The van der Waals surface area contributed by atoms with Crippen LogP contribution in [0.15, 0.2) is 48.9 Å². The van der Waals surface area contributed by atoms with Crippen LogP contribution in [0.4, 0.5) is 11.6 Å². The van der Waals surface area contributed by atoms with Crippen molar-refractivity contribution in [2.24, 2.45) is 11.7 Å². The number of carbonyl (C=O) groups excluding carboxylic acids is 1. The van der Waals surface area contributed by atoms with Crippen LogP contribution in [0.25, 0.3) is 0 Å². The van der Waals surface area contributed by atoms with Gasteiger partial charge in [-0.05, 0) is 42.4 Å². The molecule has 0 saturated heterocycles. The van der Waals surface area contributed by atoms with E-state index in [-0.39, 0.29) is 17.7 Å². The summed E-state index contributed by atoms with van der Waals surface area (Å²) in [6.07, 6.45) is 7.04. The van der Waals surface area contributed by atoms with E-state index in [1.807, 2.05) is 12.1 Å². The average molecular weight is 395 g/mol. The number of hydrogen-bond donors (Lipinski definition) is 2. The highest BCUT2D eigenvalue weighted by molar-refractivity contribution is 6.31. The largest absolute Gasteiger partial charge is 0.369 e. The molecule has 4 rings (SSSR count). The molecule has 2 aromatic heterocycles. The first-order chi connectivity index (χ1) is 13.6. The minimum Gasteiger partial charge on any atom is -0.369 e. The summed E-state index contributed by atoms with van der Waals surface area (Å²) in [5, 5.41) is 11.2. The van der Waals surface area contributed by atoms with Crippen LogP contribution in [0.5, 0.6) is 0 Å². The second-order valence-electron chi connectivity index (χ2n) is 6.79. The molecule has 2 unspecified atom stereocenters. The molecule has 142 valence electrons. The first-order valence-corrected chi connectivity index (χ1v) is 9.42. The van der Waals surface area contributed by atoms with Crippen molar-refractivity contribution in [3.63, 3.8) is 0 Å². The molecule has 3 aromatic rings. The molecular formula is C20H19ClN6O. The summed E-state index contributed by atoms with van der Waals surface area (Å²) in [5.74, 6) is 0.413. The molecule has 1 aliphatic rings. The van der Waals surface area contributed by atoms with Crippen molar-refractivity contribution < 1.29 is 4.79 Å². The van der Waals surface area contributed by atoms with Crippen LogP contribution >= 0.6 is 11.6 Å². The number of benzene rings is 1. The van der Waals surface area contributed by atoms with Crippen LogP contribution in [0.2, 0.25) is 5.02 Å². The molecule has 8 heteroatoms. The van der Waals surface area contributed by atoms with Crippen LogP contribution < -0.4 is 11.1 Å². The zero-order chi connectivity index (χ0) is 19.5. The molecule has 0 spiro atoms. The number of carbonyl (C=O) groups is 1. The fourth-order valence-electron chi connectivity index (χ4n) is 3.36. The third-order valence-corrected chi connectivity index (χ3v) is 5.21. The highest BCUT2D eigenvalue weighted by Crippen LogP contribution is 2.48. The predicted molar refractivity (Wildman–Crippen MR) is 106 cm³/mol. The SMILES string of the molecule is NC(=O)C1CC1c1ccccc1CCc1nc(Nc2ccnnc2)ncc1Cl. The number of nitrogens with one attached hydrogen (secondary N) is 1. The van der Waals surface area contributed by atoms with Crippen LogP contribution in [0.3, 0.4) is 0 Å². The van der Waals surface area contributed by atoms with Gasteiger partial charge in [-0.15, -0.1) is 0 Å². The summed E-state index contributed by atoms with van der Waals surface area (Å²) in [7, 11) is 0. The lowest BCUT2D eigenvalue weighted by molar-refractivity contribution is -0.119. The molecule has 28 heavy (non-hydrogen) atoms. The minimum atomic E-state index is -0.222. The molecule has 0 aliphatic heterocycles. The summed E-state index contributed by atoms with van der Waals surface area (Å²) < 4.78 is 0. The maximum Gasteiger partial charge on any atom is 0.227 e. The summed E-state index contributed by atoms with van der Waals surface area (Å²) in [6.45, 7) is 0. The van der Waals surface area contributed by atoms with E-state index >= 15 is 0 Å². The van der Waals surface area contributed by atoms with Gasteiger partial charge in [0.2, 0.25) is 11.9 Å². The first-order valence-electron chi connectivity index (χ1n) is 9.04. The number of aromatic nitrogens is 4. The zero-order valence-electron chi connectivity index (χ0n) is 15.0. The number of hydrogen-bond acceptors (Lipinski definition) is 6. The Hall–Kier alpha value is -3.06. The van der Waals surface area contributed by atoms with Gasteiger partial charge in [0.15, 0.2) is 0 Å². The molecule has 1 saturated carbocycles. The number of amides is 1. The number of nitrogens with zero attached hydrogens (tertiary/aromatic N) is 4. The molecule has 2 heterocycles. The Morgan fingerprint density at radius 2 is 2.04 bits per heavy atom. The van der Waals surface area contributed by atoms with Crippen LogP contribution in [0, 0.1) is 5.92 Å². The molecule has 0 radical (unpaired) electrons. The van der Waals surface area contributed by atoms with Crippen molar-refractivity contribution in [1.82, 2.24) is 20.2 Å². The number of anilines is 2. The van der Waals surface area contributed by atoms with Gasteiger partial charge >= 0.3 is 0 Å². The van der Waals surface area contributed by atoms with E-state index in [0.29, 0.717) is 17.4 Å². The summed E-state index contributed by atoms with van der Waals surface area (Å²) >= 11 is 6.31. The molecule has 1 aromatic carbocycles. The van der Waals surface area contributed by atoms with E-state index in [4.69, 9.17) is 17.3 Å². The van der Waals surface area contributed by atoms with Crippen molar-refractivity contribution in [1.29, 1.82) is 0 Å². The molecule has 2 atom stereocenters. The maximum atomic E-state index is 11.4. The number of halogens is 1. The van der Waals surface area contributed by atoms with Crippen molar-refractivity contribution in [2.75, 3.05) is 5.32 Å². The highest BCUT2D eigenvalue weighted by Gasteiger charge is 2.43. The summed E-state index contributed by atoms with van der Waals surface area (Å²) in [6, 6.07) is 9.95. The van der Waals surface area contributed by atoms with Gasteiger partial charge in [-0.25, -0.2) is 9.97 Å². The molecular weight excluding hydrogens is 376 g/mol. The standard InChI is InChI=1S/C20H19ClN6O/c21-17-11-23-20(26-13-7-8-24-25-10-13)27-18(17)6-5-12-3-1-2-4-14(12)15-9-16(15)19(22)28/h1-4,7-8,10-11,15-16H,5-6,9H2,(H2,22,28)(H,23,24,26,27). The van der Waals surface area contributed by atoms with Crippen molar-refractivity contribution in [2.45, 2.75) is 25.2 Å². The van der Waals surface area contributed by atoms with Crippen molar-refractivity contribution >= 4 is 29.1 Å². The Labute approximate surface area is 167 Å². The summed E-state index contributed by atoms with van der Waals surface area (Å²) in [5.41, 5.74) is 9.35. The monoisotopic (exact) mass is 394 g/mol. The van der Waals surface area contributed by atoms with Crippen LogP contribution in [0.1, 0.15) is 29.2 Å². The van der Waals surface area contributed by atoms with E-state index in [9.17, 15) is 4.79 Å². The predicted octanol–water partition coefficient (Wildman–Crippen LogP) is 3.04. The van der Waals surface area contributed by atoms with Gasteiger partial charge in [-0.2, -0.15) is 10.2 Å². The Morgan fingerprint density at radius 3 is 2.79 bits per heavy atom. The Balaban J connectivity index is 1.48. The van der Waals surface area contributed by atoms with E-state index < -0.39 is 0 Å². The molecule has 1 amide bonds. The van der Waals surface area contributed by atoms with E-state index in [2.05, 4.69) is 37.6 Å². The lowest BCUT2D eigenvalue weighted by Crippen LogP contribution is -2.14. The normalized spacial score (nSPS) is 17.9. The third kappa shape index (κ3) is 4.09. The topological polar surface area (TPSA) is 107 Å². The lowest BCUT2D eigenvalue weighted by Gasteiger charge is -2.11. The van der Waals surface area contributed by atoms with Gasteiger partial charge in [0.1, 0.15) is 0 Å². The third-order valence-electron chi connectivity index (χ3n) is 4.90. The Morgan fingerprint density at radius 1 is 1.18 bits per heavy atom. The number of rotatable bonds is 7. The van der Waals surface area contributed by atoms with Crippen molar-refractivity contribution in [3.05, 3.63) is 70.8 Å². The second kappa shape index (κ2) is 7.90. The quantitative estimate of drug-likeness (QED) is 0.637. The average Bonchev–Trinajstić information content (AvgIpc) is 3.50. The smallest absolute Gasteiger partial charge is 0.227 e. The van der Waals surface area contributed by atoms with Gasteiger partial charge in [0.05, 0.1) is 35.0 Å². The van der Waals surface area contributed by atoms with Gasteiger partial charge in [0.25, 0.3) is 0 Å². The van der Waals surface area contributed by atoms with E-state index in [0.717, 1.165) is 24.2 Å². The van der Waals surface area contributed by atoms with Gasteiger partial charge in [-0.1, -0.05) is 35.9 Å². The fraction of sp³-hybridized carbons (Fsp3) is 0.250. The van der Waals surface area contributed by atoms with E-state index in [1.54, 1.807) is 24.7 Å². The van der Waals surface area contributed by atoms with E-state index in [1.165, 1.54) is 11.1 Å². The summed E-state index contributed by atoms with van der Waals surface area (Å²) in [4.78, 5) is 20.2. The van der Waals surface area contributed by atoms with Crippen LogP contribution in [-0.4, -0.2) is 26.1 Å². The van der Waals surface area contributed by atoms with Crippen LogP contribution in [-0.2, 0) is 17.6 Å². The molecule has 1 fully saturated rings. The number of nitrogens with two attached hydrogens (primary N) is 1. The molecule has 7 nitrogen and oxygen atoms in total. The Kier molecular flexibility index (Phi) is 5.16. The van der Waals surface area contributed by atoms with Gasteiger partial charge in [-0.3, -0.25) is 4.79 Å². The number of primary amides is 1. The molecule has 0 bridgehead atoms. The molecule has 1 aliphatic carbocycles. The Bertz CT molecular complexity index is 997. The minimum absolute atomic E-state index is 0.0476. The van der Waals surface area contributed by atoms with Crippen molar-refractivity contribution in [3.8, 4) is 0 Å². The first kappa shape index (κ1) is 18.3. The zero-order valence-corrected chi connectivity index (χ0v) is 15.8. The van der Waals surface area contributed by atoms with Gasteiger partial charge < -0.3 is 11.1 Å². The molecule has 3 N–H and O–H groups in total. The highest BCUT2D eigenvalue weighted by atomic mass is 35.5. The lowest BCUT2D eigenvalue weighted by atomic mass is 9.97. The second-order valence-corrected chi connectivity index (χ2v) is 7.20. The van der Waals surface area contributed by atoms with Gasteiger partial charge in [0, 0.05) is 5.92 Å².